The molecule has 0 spiro atoms. The van der Waals surface area contributed by atoms with E-state index in [1.807, 2.05) is 4.90 Å². The molecule has 1 fully saturated rings. The molecule has 27 heavy (non-hydrogen) atoms. The number of carbonyl (C=O) groups excluding carboxylic acids is 3. The third kappa shape index (κ3) is 5.37. The summed E-state index contributed by atoms with van der Waals surface area (Å²) in [6, 6.07) is 5.07. The summed E-state index contributed by atoms with van der Waals surface area (Å²) >= 11 is 0. The van der Waals surface area contributed by atoms with Gasteiger partial charge in [-0.05, 0) is 26.0 Å². The van der Waals surface area contributed by atoms with Gasteiger partial charge in [-0.15, -0.1) is 0 Å². The summed E-state index contributed by atoms with van der Waals surface area (Å²) in [6.07, 6.45) is 2.68. The first kappa shape index (κ1) is 20.6. The van der Waals surface area contributed by atoms with E-state index < -0.39 is 5.54 Å². The summed E-state index contributed by atoms with van der Waals surface area (Å²) in [6.45, 7) is 9.22. The normalized spacial score (nSPS) is 15.1. The zero-order valence-corrected chi connectivity index (χ0v) is 15.8. The van der Waals surface area contributed by atoms with Crippen molar-refractivity contribution in [3.05, 3.63) is 42.7 Å². The minimum atomic E-state index is -0.804. The van der Waals surface area contributed by atoms with Gasteiger partial charge in [0.05, 0.1) is 12.1 Å². The van der Waals surface area contributed by atoms with Crippen LogP contribution in [0.1, 0.15) is 24.3 Å². The molecule has 0 unspecified atom stereocenters. The third-order valence-electron chi connectivity index (χ3n) is 4.57. The number of nitrogens with zero attached hydrogens (tertiary/aromatic N) is 3. The van der Waals surface area contributed by atoms with E-state index in [9.17, 15) is 14.4 Å². The molecule has 0 bridgehead atoms. The molecule has 0 atom stereocenters. The van der Waals surface area contributed by atoms with Gasteiger partial charge in [0.15, 0.2) is 5.78 Å². The summed E-state index contributed by atoms with van der Waals surface area (Å²) < 4.78 is 5.03. The van der Waals surface area contributed by atoms with Gasteiger partial charge in [-0.2, -0.15) is 0 Å². The van der Waals surface area contributed by atoms with Crippen molar-refractivity contribution in [2.24, 2.45) is 0 Å². The Morgan fingerprint density at radius 2 is 1.96 bits per heavy atom. The molecule has 2 amide bonds. The number of pyridine rings is 1. The van der Waals surface area contributed by atoms with Gasteiger partial charge in [0.25, 0.3) is 0 Å². The molecule has 1 N–H and O–H groups in total. The number of Topliss-reactive ketones (excluding diaryl/α,β-unsaturated/α-hetero) is 1. The first-order chi connectivity index (χ1) is 12.9. The second-order valence-electron chi connectivity index (χ2n) is 6.72. The van der Waals surface area contributed by atoms with Crippen molar-refractivity contribution in [3.63, 3.8) is 0 Å². The maximum atomic E-state index is 12.6. The van der Waals surface area contributed by atoms with Crippen LogP contribution in [0.15, 0.2) is 37.1 Å². The van der Waals surface area contributed by atoms with Crippen molar-refractivity contribution in [2.45, 2.75) is 19.4 Å². The zero-order chi connectivity index (χ0) is 19.9. The van der Waals surface area contributed by atoms with E-state index in [0.29, 0.717) is 31.9 Å². The number of hydrogen-bond donors (Lipinski definition) is 1. The lowest BCUT2D eigenvalue weighted by molar-refractivity contribution is -0.132. The number of carbonyl (C=O) groups is 3. The molecule has 8 heteroatoms. The van der Waals surface area contributed by atoms with Gasteiger partial charge in [0, 0.05) is 32.4 Å². The quantitative estimate of drug-likeness (QED) is 0.568. The van der Waals surface area contributed by atoms with E-state index in [2.05, 4.69) is 16.9 Å². The molecule has 0 aromatic carbocycles. The van der Waals surface area contributed by atoms with Crippen LogP contribution < -0.4 is 5.32 Å². The molecule has 0 aliphatic carbocycles. The first-order valence-corrected chi connectivity index (χ1v) is 8.86. The van der Waals surface area contributed by atoms with Gasteiger partial charge in [0.2, 0.25) is 5.91 Å². The highest BCUT2D eigenvalue weighted by Gasteiger charge is 2.37. The Morgan fingerprint density at radius 1 is 1.26 bits per heavy atom. The molecular weight excluding hydrogens is 348 g/mol. The Morgan fingerprint density at radius 3 is 2.56 bits per heavy atom. The van der Waals surface area contributed by atoms with Crippen molar-refractivity contribution in [1.29, 1.82) is 0 Å². The molecule has 8 nitrogen and oxygen atoms in total. The summed E-state index contributed by atoms with van der Waals surface area (Å²) in [4.78, 5) is 44.2. The molecule has 0 saturated carbocycles. The minimum absolute atomic E-state index is 0.104. The predicted octanol–water partition coefficient (Wildman–Crippen LogP) is 1.10. The summed E-state index contributed by atoms with van der Waals surface area (Å²) in [7, 11) is 0. The van der Waals surface area contributed by atoms with Gasteiger partial charge in [-0.1, -0.05) is 18.7 Å². The molecule has 1 aromatic rings. The highest BCUT2D eigenvalue weighted by Crippen LogP contribution is 2.18. The number of nitrogens with one attached hydrogen (secondary N) is 1. The Hall–Kier alpha value is -2.74. The number of rotatable bonds is 7. The molecule has 2 heterocycles. The fourth-order valence-electron chi connectivity index (χ4n) is 2.81. The number of hydrogen-bond acceptors (Lipinski definition) is 6. The smallest absolute Gasteiger partial charge is 0.410 e. The maximum absolute atomic E-state index is 12.6. The van der Waals surface area contributed by atoms with Gasteiger partial charge < -0.3 is 15.0 Å². The summed E-state index contributed by atoms with van der Waals surface area (Å²) in [5, 5.41) is 2.69. The van der Waals surface area contributed by atoms with Crippen LogP contribution >= 0.6 is 0 Å². The van der Waals surface area contributed by atoms with E-state index in [4.69, 9.17) is 4.74 Å². The van der Waals surface area contributed by atoms with Crippen molar-refractivity contribution in [2.75, 3.05) is 39.3 Å². The Labute approximate surface area is 159 Å². The van der Waals surface area contributed by atoms with Crippen LogP contribution in [0.25, 0.3) is 0 Å². The van der Waals surface area contributed by atoms with E-state index in [1.54, 1.807) is 43.1 Å². The Bertz CT molecular complexity index is 682. The Kier molecular flexibility index (Phi) is 7.06. The fourth-order valence-corrected chi connectivity index (χ4v) is 2.81. The second kappa shape index (κ2) is 9.27. The maximum Gasteiger partial charge on any atom is 0.410 e. The van der Waals surface area contributed by atoms with Crippen LogP contribution in [-0.2, 0) is 9.53 Å². The van der Waals surface area contributed by atoms with Crippen molar-refractivity contribution >= 4 is 17.8 Å². The lowest BCUT2D eigenvalue weighted by Crippen LogP contribution is -2.61. The molecule has 146 valence electrons. The summed E-state index contributed by atoms with van der Waals surface area (Å²) in [5.41, 5.74) is -0.483. The lowest BCUT2D eigenvalue weighted by Gasteiger charge is -2.42. The fraction of sp³-hybridized carbons (Fsp3) is 0.474. The van der Waals surface area contributed by atoms with E-state index in [-0.39, 0.29) is 30.9 Å². The van der Waals surface area contributed by atoms with Crippen LogP contribution in [-0.4, -0.2) is 77.4 Å². The van der Waals surface area contributed by atoms with Crippen LogP contribution in [0.5, 0.6) is 0 Å². The average molecular weight is 374 g/mol. The van der Waals surface area contributed by atoms with Crippen LogP contribution in [0.2, 0.25) is 0 Å². The minimum Gasteiger partial charge on any atom is -0.445 e. The number of aromatic nitrogens is 1. The van der Waals surface area contributed by atoms with Crippen molar-refractivity contribution in [3.8, 4) is 0 Å². The SMILES string of the molecule is C=CCOC(=O)N1CCN(C(C)(C)C(=O)NCC(=O)c2ccccn2)CC1. The van der Waals surface area contributed by atoms with Gasteiger partial charge >= 0.3 is 6.09 Å². The van der Waals surface area contributed by atoms with Crippen molar-refractivity contribution in [1.82, 2.24) is 20.1 Å². The third-order valence-corrected chi connectivity index (χ3v) is 4.57. The standard InChI is InChI=1S/C19H26N4O4/c1-4-13-27-18(26)22-9-11-23(12-10-22)19(2,3)17(25)21-14-16(24)15-7-5-6-8-20-15/h4-8H,1,9-14H2,2-3H3,(H,21,25). The number of piperazine rings is 1. The van der Waals surface area contributed by atoms with E-state index in [1.165, 1.54) is 6.08 Å². The number of ether oxygens (including phenoxy) is 1. The molecule has 1 aliphatic heterocycles. The second-order valence-corrected chi connectivity index (χ2v) is 6.72. The topological polar surface area (TPSA) is 91.8 Å². The Balaban J connectivity index is 1.84. The summed E-state index contributed by atoms with van der Waals surface area (Å²) in [5.74, 6) is -0.482. The van der Waals surface area contributed by atoms with Gasteiger partial charge in [-0.3, -0.25) is 19.5 Å². The number of ketones is 1. The molecule has 1 aliphatic rings. The van der Waals surface area contributed by atoms with Crippen molar-refractivity contribution < 1.29 is 19.1 Å². The molecule has 1 saturated heterocycles. The van der Waals surface area contributed by atoms with Crippen LogP contribution in [0.3, 0.4) is 0 Å². The van der Waals surface area contributed by atoms with E-state index >= 15 is 0 Å². The number of amides is 2. The predicted molar refractivity (Wildman–Crippen MR) is 100 cm³/mol. The first-order valence-electron chi connectivity index (χ1n) is 8.86. The zero-order valence-electron chi connectivity index (χ0n) is 15.8. The molecule has 0 radical (unpaired) electrons. The monoisotopic (exact) mass is 374 g/mol. The van der Waals surface area contributed by atoms with Gasteiger partial charge in [-0.25, -0.2) is 4.79 Å². The highest BCUT2D eigenvalue weighted by molar-refractivity contribution is 5.98. The molecule has 1 aromatic heterocycles. The van der Waals surface area contributed by atoms with Gasteiger partial charge in [0.1, 0.15) is 12.3 Å². The molecule has 2 rings (SSSR count). The lowest BCUT2D eigenvalue weighted by atomic mass is 10.00. The largest absolute Gasteiger partial charge is 0.445 e. The highest BCUT2D eigenvalue weighted by atomic mass is 16.6. The average Bonchev–Trinajstić information content (AvgIpc) is 2.70. The van der Waals surface area contributed by atoms with E-state index in [0.717, 1.165) is 0 Å². The molecular formula is C19H26N4O4. The van der Waals surface area contributed by atoms with Crippen LogP contribution in [0, 0.1) is 0 Å². The van der Waals surface area contributed by atoms with Crippen LogP contribution in [0.4, 0.5) is 4.79 Å².